The molecule has 0 N–H and O–H groups in total. The van der Waals surface area contributed by atoms with Crippen molar-refractivity contribution in [3.63, 3.8) is 0 Å². The molecule has 2 heteroatoms. The monoisotopic (exact) mass is 302 g/mol. The molecule has 0 saturated heterocycles. The Morgan fingerprint density at radius 2 is 1.50 bits per heavy atom. The molecule has 0 amide bonds. The number of hydrogen-bond acceptors (Lipinski definition) is 0. The minimum Gasteiger partial charge on any atom is -0.155 e. The Balaban J connectivity index is 2.64. The van der Waals surface area contributed by atoms with Crippen LogP contribution in [0.5, 0.6) is 0 Å². The van der Waals surface area contributed by atoms with E-state index >= 15 is 0 Å². The van der Waals surface area contributed by atoms with Crippen LogP contribution < -0.4 is 10.4 Å². The van der Waals surface area contributed by atoms with Crippen molar-refractivity contribution in [1.29, 1.82) is 0 Å². The molecule has 0 saturated carbocycles. The first kappa shape index (κ1) is 15.3. The van der Waals surface area contributed by atoms with E-state index in [1.165, 1.54) is 21.5 Å². The molecule has 0 heterocycles. The zero-order chi connectivity index (χ0) is 14.8. The van der Waals surface area contributed by atoms with Crippen LogP contribution in [0.3, 0.4) is 0 Å². The summed E-state index contributed by atoms with van der Waals surface area (Å²) in [5.41, 5.74) is 3.11. The van der Waals surface area contributed by atoms with Crippen LogP contribution in [0.2, 0.25) is 5.54 Å². The van der Waals surface area contributed by atoms with Gasteiger partial charge in [-0.1, -0.05) is 79.9 Å². The van der Waals surface area contributed by atoms with Gasteiger partial charge in [-0.3, -0.25) is 0 Å². The van der Waals surface area contributed by atoms with Gasteiger partial charge in [0.25, 0.3) is 0 Å². The van der Waals surface area contributed by atoms with Crippen molar-refractivity contribution in [3.05, 3.63) is 59.7 Å². The van der Waals surface area contributed by atoms with Gasteiger partial charge in [-0.2, -0.15) is 11.1 Å². The van der Waals surface area contributed by atoms with E-state index in [9.17, 15) is 0 Å². The number of halogens is 1. The largest absolute Gasteiger partial charge is 0.220 e. The number of benzene rings is 2. The summed E-state index contributed by atoms with van der Waals surface area (Å²) in [5.74, 6) is 0. The molecule has 0 aliphatic rings. The first-order chi connectivity index (χ1) is 9.48. The molecule has 2 unspecified atom stereocenters. The average molecular weight is 303 g/mol. The van der Waals surface area contributed by atoms with Crippen molar-refractivity contribution in [2.45, 2.75) is 39.7 Å². The molecule has 0 radical (unpaired) electrons. The second-order valence-electron chi connectivity index (χ2n) is 5.76. The van der Waals surface area contributed by atoms with E-state index < -0.39 is 7.38 Å². The lowest BCUT2D eigenvalue weighted by Gasteiger charge is -2.32. The van der Waals surface area contributed by atoms with Gasteiger partial charge in [-0.05, 0) is 29.8 Å². The summed E-state index contributed by atoms with van der Waals surface area (Å²) in [5, 5.41) is 2.67. The molecule has 2 atom stereocenters. The Bertz CT molecular complexity index is 559. The Hall–Kier alpha value is -1.05. The van der Waals surface area contributed by atoms with Crippen LogP contribution >= 0.6 is 11.1 Å². The topological polar surface area (TPSA) is 0 Å². The van der Waals surface area contributed by atoms with E-state index in [1.807, 2.05) is 0 Å². The zero-order valence-corrected chi connectivity index (χ0v) is 14.5. The standard InChI is InChI=1S/C18H23ClSi/c1-5-16(4)20(19,17-9-7-6-8-10-17)18-12-14(2)11-15(3)13-18/h6-13,16H,5H2,1-4H3. The van der Waals surface area contributed by atoms with Gasteiger partial charge in [-0.15, -0.1) is 0 Å². The van der Waals surface area contributed by atoms with E-state index in [0.717, 1.165) is 6.42 Å². The third-order valence-corrected chi connectivity index (χ3v) is 10.6. The molecule has 106 valence electrons. The molecule has 0 fully saturated rings. The van der Waals surface area contributed by atoms with E-state index in [-0.39, 0.29) is 0 Å². The highest BCUT2D eigenvalue weighted by molar-refractivity contribution is 7.34. The lowest BCUT2D eigenvalue weighted by Crippen LogP contribution is -2.56. The summed E-state index contributed by atoms with van der Waals surface area (Å²) >= 11 is 7.32. The van der Waals surface area contributed by atoms with Crippen molar-refractivity contribution in [1.82, 2.24) is 0 Å². The fourth-order valence-electron chi connectivity index (χ4n) is 2.88. The van der Waals surface area contributed by atoms with Crippen LogP contribution in [-0.4, -0.2) is 7.38 Å². The maximum Gasteiger partial charge on any atom is 0.220 e. The van der Waals surface area contributed by atoms with Crippen LogP contribution in [-0.2, 0) is 0 Å². The third-order valence-electron chi connectivity index (χ3n) is 4.13. The van der Waals surface area contributed by atoms with E-state index in [4.69, 9.17) is 11.1 Å². The Kier molecular flexibility index (Phi) is 4.72. The van der Waals surface area contributed by atoms with Gasteiger partial charge < -0.3 is 0 Å². The van der Waals surface area contributed by atoms with Gasteiger partial charge in [0.05, 0.1) is 0 Å². The quantitative estimate of drug-likeness (QED) is 0.580. The number of aryl methyl sites for hydroxylation is 2. The Labute approximate surface area is 128 Å². The third kappa shape index (κ3) is 2.84. The molecule has 0 aliphatic heterocycles. The van der Waals surface area contributed by atoms with Crippen LogP contribution in [0.4, 0.5) is 0 Å². The smallest absolute Gasteiger partial charge is 0.155 e. The maximum atomic E-state index is 7.32. The molecule has 0 aromatic heterocycles. The van der Waals surface area contributed by atoms with Gasteiger partial charge in [0, 0.05) is 0 Å². The number of rotatable bonds is 4. The van der Waals surface area contributed by atoms with Gasteiger partial charge in [0.1, 0.15) is 0 Å². The Morgan fingerprint density at radius 3 is 2.00 bits per heavy atom. The molecule has 0 aliphatic carbocycles. The summed E-state index contributed by atoms with van der Waals surface area (Å²) < 4.78 is 0. The fraction of sp³-hybridized carbons (Fsp3) is 0.333. The second kappa shape index (κ2) is 6.15. The zero-order valence-electron chi connectivity index (χ0n) is 12.8. The highest BCUT2D eigenvalue weighted by Crippen LogP contribution is 2.29. The molecular formula is C18H23ClSi. The molecule has 20 heavy (non-hydrogen) atoms. The predicted octanol–water partition coefficient (Wildman–Crippen LogP) is 4.40. The molecule has 0 bridgehead atoms. The van der Waals surface area contributed by atoms with Crippen molar-refractivity contribution in [3.8, 4) is 0 Å². The van der Waals surface area contributed by atoms with E-state index in [2.05, 4.69) is 76.2 Å². The highest BCUT2D eigenvalue weighted by Gasteiger charge is 2.40. The summed E-state index contributed by atoms with van der Waals surface area (Å²) in [6.45, 7) is 8.85. The number of hydrogen-bond donors (Lipinski definition) is 0. The van der Waals surface area contributed by atoms with Gasteiger partial charge in [0.15, 0.2) is 0 Å². The molecule has 0 nitrogen and oxygen atoms in total. The maximum absolute atomic E-state index is 7.32. The molecule has 0 spiro atoms. The van der Waals surface area contributed by atoms with Crippen LogP contribution in [0.25, 0.3) is 0 Å². The Morgan fingerprint density at radius 1 is 0.950 bits per heavy atom. The van der Waals surface area contributed by atoms with Crippen LogP contribution in [0.1, 0.15) is 31.4 Å². The minimum absolute atomic E-state index is 0.507. The molecule has 2 rings (SSSR count). The molecular weight excluding hydrogens is 280 g/mol. The minimum atomic E-state index is -2.20. The van der Waals surface area contributed by atoms with Crippen LogP contribution in [0, 0.1) is 13.8 Å². The van der Waals surface area contributed by atoms with Gasteiger partial charge in [-0.25, -0.2) is 0 Å². The van der Waals surface area contributed by atoms with E-state index in [1.54, 1.807) is 0 Å². The van der Waals surface area contributed by atoms with Crippen molar-refractivity contribution >= 4 is 28.8 Å². The lowest BCUT2D eigenvalue weighted by molar-refractivity contribution is 0.861. The van der Waals surface area contributed by atoms with Gasteiger partial charge >= 0.3 is 0 Å². The average Bonchev–Trinajstić information content (AvgIpc) is 2.45. The van der Waals surface area contributed by atoms with Crippen molar-refractivity contribution < 1.29 is 0 Å². The molecule has 2 aromatic rings. The SMILES string of the molecule is CCC(C)[Si](Cl)(c1ccccc1)c1cc(C)cc(C)c1. The second-order valence-corrected chi connectivity index (χ2v) is 11.1. The summed E-state index contributed by atoms with van der Waals surface area (Å²) in [6.07, 6.45) is 1.11. The highest BCUT2D eigenvalue weighted by atomic mass is 35.6. The predicted molar refractivity (Wildman–Crippen MR) is 92.9 cm³/mol. The summed E-state index contributed by atoms with van der Waals surface area (Å²) in [4.78, 5) is 0. The van der Waals surface area contributed by atoms with Crippen molar-refractivity contribution in [2.75, 3.05) is 0 Å². The van der Waals surface area contributed by atoms with Crippen LogP contribution in [0.15, 0.2) is 48.5 Å². The molecule has 2 aromatic carbocycles. The summed E-state index contributed by atoms with van der Waals surface area (Å²) in [6, 6.07) is 17.4. The van der Waals surface area contributed by atoms with Crippen molar-refractivity contribution in [2.24, 2.45) is 0 Å². The first-order valence-electron chi connectivity index (χ1n) is 7.31. The lowest BCUT2D eigenvalue weighted by atomic mass is 10.2. The fourth-order valence-corrected chi connectivity index (χ4v) is 7.64. The first-order valence-corrected chi connectivity index (χ1v) is 10.4. The van der Waals surface area contributed by atoms with Gasteiger partial charge in [0.2, 0.25) is 7.38 Å². The normalized spacial score (nSPS) is 15.7. The summed E-state index contributed by atoms with van der Waals surface area (Å²) in [7, 11) is -2.20. The van der Waals surface area contributed by atoms with E-state index in [0.29, 0.717) is 5.54 Å².